The van der Waals surface area contributed by atoms with Gasteiger partial charge in [-0.25, -0.2) is 0 Å². The molecule has 2 heterocycles. The molecule has 1 saturated carbocycles. The van der Waals surface area contributed by atoms with E-state index in [0.717, 1.165) is 25.9 Å². The first kappa shape index (κ1) is 14.3. The molecule has 3 rings (SSSR count). The van der Waals surface area contributed by atoms with Crippen LogP contribution in [0.5, 0.6) is 0 Å². The minimum absolute atomic E-state index is 0.103. The fourth-order valence-electron chi connectivity index (χ4n) is 3.56. The Balaban J connectivity index is 1.56. The van der Waals surface area contributed by atoms with Gasteiger partial charge in [0.1, 0.15) is 0 Å². The van der Waals surface area contributed by atoms with Crippen molar-refractivity contribution >= 4 is 5.91 Å². The molecule has 0 bridgehead atoms. The smallest absolute Gasteiger partial charge is 0.239 e. The molecule has 3 aliphatic rings. The Kier molecular flexibility index (Phi) is 4.04. The third-order valence-electron chi connectivity index (χ3n) is 5.31. The zero-order valence-electron chi connectivity index (χ0n) is 13.0. The van der Waals surface area contributed by atoms with Crippen LogP contribution in [-0.2, 0) is 4.79 Å². The highest BCUT2D eigenvalue weighted by molar-refractivity contribution is 5.82. The Hall–Kier alpha value is -0.610. The normalized spacial score (nSPS) is 31.6. The molecule has 1 amide bonds. The van der Waals surface area contributed by atoms with Crippen LogP contribution in [0.25, 0.3) is 0 Å². The van der Waals surface area contributed by atoms with Gasteiger partial charge in [-0.1, -0.05) is 6.92 Å². The molecule has 1 unspecified atom stereocenters. The summed E-state index contributed by atoms with van der Waals surface area (Å²) in [6.07, 6.45) is 7.14. The molecule has 20 heavy (non-hydrogen) atoms. The molecule has 0 aromatic carbocycles. The van der Waals surface area contributed by atoms with E-state index in [1.807, 2.05) is 0 Å². The lowest BCUT2D eigenvalue weighted by Crippen LogP contribution is -2.54. The van der Waals surface area contributed by atoms with Crippen LogP contribution in [0.3, 0.4) is 0 Å². The van der Waals surface area contributed by atoms with Crippen molar-refractivity contribution in [2.75, 3.05) is 33.2 Å². The summed E-state index contributed by atoms with van der Waals surface area (Å²) in [7, 11) is 2.20. The fraction of sp³-hybridized carbons (Fsp3) is 0.938. The van der Waals surface area contributed by atoms with E-state index in [1.54, 1.807) is 0 Å². The number of carbonyl (C=O) groups excluding carboxylic acids is 1. The summed E-state index contributed by atoms with van der Waals surface area (Å²) in [6.45, 7) is 6.63. The second-order valence-electron chi connectivity index (χ2n) is 7.51. The van der Waals surface area contributed by atoms with Crippen molar-refractivity contribution in [3.05, 3.63) is 0 Å². The van der Waals surface area contributed by atoms with Gasteiger partial charge in [0.25, 0.3) is 0 Å². The highest BCUT2D eigenvalue weighted by Crippen LogP contribution is 2.32. The van der Waals surface area contributed by atoms with Crippen LogP contribution in [0.4, 0.5) is 0 Å². The van der Waals surface area contributed by atoms with Gasteiger partial charge in [-0.15, -0.1) is 0 Å². The van der Waals surface area contributed by atoms with Crippen molar-refractivity contribution in [2.45, 2.75) is 57.5 Å². The zero-order chi connectivity index (χ0) is 14.2. The number of rotatable bonds is 4. The molecule has 3 fully saturated rings. The summed E-state index contributed by atoms with van der Waals surface area (Å²) >= 11 is 0. The van der Waals surface area contributed by atoms with E-state index < -0.39 is 0 Å². The van der Waals surface area contributed by atoms with Crippen molar-refractivity contribution in [3.8, 4) is 0 Å². The monoisotopic (exact) mass is 279 g/mol. The number of nitrogens with one attached hydrogen (secondary N) is 1. The maximum absolute atomic E-state index is 12.6. The average molecular weight is 279 g/mol. The van der Waals surface area contributed by atoms with E-state index in [4.69, 9.17) is 0 Å². The highest BCUT2D eigenvalue weighted by atomic mass is 16.2. The first-order valence-corrected chi connectivity index (χ1v) is 8.29. The molecule has 0 aromatic rings. The van der Waals surface area contributed by atoms with Crippen LogP contribution in [0.2, 0.25) is 0 Å². The largest absolute Gasteiger partial charge is 0.341 e. The van der Waals surface area contributed by atoms with Gasteiger partial charge in [0, 0.05) is 19.1 Å². The minimum Gasteiger partial charge on any atom is -0.341 e. The lowest BCUT2D eigenvalue weighted by atomic mass is 9.79. The van der Waals surface area contributed by atoms with Crippen LogP contribution in [0.15, 0.2) is 0 Å². The van der Waals surface area contributed by atoms with Crippen molar-refractivity contribution in [1.82, 2.24) is 15.1 Å². The van der Waals surface area contributed by atoms with Crippen LogP contribution >= 0.6 is 0 Å². The molecule has 0 spiro atoms. The molecule has 0 aromatic heterocycles. The Morgan fingerprint density at radius 1 is 1.20 bits per heavy atom. The summed E-state index contributed by atoms with van der Waals surface area (Å²) in [6, 6.07) is 0.730. The second kappa shape index (κ2) is 5.64. The van der Waals surface area contributed by atoms with Gasteiger partial charge in [-0.3, -0.25) is 4.79 Å². The van der Waals surface area contributed by atoms with Gasteiger partial charge in [0.2, 0.25) is 5.91 Å². The standard InChI is InChI=1S/C16H29N3O/c1-16(7-10-18(2)11-8-16)12-19-9-3-4-14(15(19)20)17-13-5-6-13/h13-14,17H,3-12H2,1-2H3. The first-order valence-electron chi connectivity index (χ1n) is 8.29. The van der Waals surface area contributed by atoms with E-state index in [-0.39, 0.29) is 6.04 Å². The predicted molar refractivity (Wildman–Crippen MR) is 80.6 cm³/mol. The number of nitrogens with zero attached hydrogens (tertiary/aromatic N) is 2. The number of hydrogen-bond donors (Lipinski definition) is 1. The van der Waals surface area contributed by atoms with E-state index in [2.05, 4.69) is 29.1 Å². The van der Waals surface area contributed by atoms with Gasteiger partial charge in [0.15, 0.2) is 0 Å². The Morgan fingerprint density at radius 2 is 1.90 bits per heavy atom. The van der Waals surface area contributed by atoms with E-state index >= 15 is 0 Å². The average Bonchev–Trinajstić information content (AvgIpc) is 3.22. The van der Waals surface area contributed by atoms with Gasteiger partial charge in [0.05, 0.1) is 6.04 Å². The first-order chi connectivity index (χ1) is 9.56. The summed E-state index contributed by atoms with van der Waals surface area (Å²) < 4.78 is 0. The van der Waals surface area contributed by atoms with Crippen LogP contribution in [-0.4, -0.2) is 61.0 Å². The molecular weight excluding hydrogens is 250 g/mol. The molecule has 0 radical (unpaired) electrons. The van der Waals surface area contributed by atoms with E-state index in [1.165, 1.54) is 38.8 Å². The number of amides is 1. The summed E-state index contributed by atoms with van der Waals surface area (Å²) in [5.41, 5.74) is 0.323. The maximum Gasteiger partial charge on any atom is 0.239 e. The van der Waals surface area contributed by atoms with Crippen LogP contribution in [0, 0.1) is 5.41 Å². The molecule has 4 nitrogen and oxygen atoms in total. The Labute approximate surface area is 122 Å². The summed E-state index contributed by atoms with van der Waals surface area (Å²) in [4.78, 5) is 17.2. The summed E-state index contributed by atoms with van der Waals surface area (Å²) in [5.74, 6) is 0.364. The van der Waals surface area contributed by atoms with Crippen molar-refractivity contribution < 1.29 is 4.79 Å². The van der Waals surface area contributed by atoms with Crippen LogP contribution in [0.1, 0.15) is 45.4 Å². The lowest BCUT2D eigenvalue weighted by Gasteiger charge is -2.43. The van der Waals surface area contributed by atoms with Gasteiger partial charge in [-0.2, -0.15) is 0 Å². The SMILES string of the molecule is CN1CCC(C)(CN2CCCC(NC3CC3)C2=O)CC1. The molecule has 2 aliphatic heterocycles. The zero-order valence-corrected chi connectivity index (χ0v) is 13.0. The number of likely N-dealkylation sites (tertiary alicyclic amines) is 2. The Bertz CT molecular complexity index is 359. The van der Waals surface area contributed by atoms with Gasteiger partial charge < -0.3 is 15.1 Å². The Morgan fingerprint density at radius 3 is 2.55 bits per heavy atom. The molecule has 114 valence electrons. The van der Waals surface area contributed by atoms with Crippen molar-refractivity contribution in [2.24, 2.45) is 5.41 Å². The van der Waals surface area contributed by atoms with Crippen LogP contribution < -0.4 is 5.32 Å². The van der Waals surface area contributed by atoms with Crippen molar-refractivity contribution in [1.29, 1.82) is 0 Å². The highest BCUT2D eigenvalue weighted by Gasteiger charge is 2.37. The topological polar surface area (TPSA) is 35.6 Å². The molecule has 2 saturated heterocycles. The molecule has 1 aliphatic carbocycles. The molecule has 1 atom stereocenters. The fourth-order valence-corrected chi connectivity index (χ4v) is 3.56. The molecular formula is C16H29N3O. The lowest BCUT2D eigenvalue weighted by molar-refractivity contribution is -0.138. The van der Waals surface area contributed by atoms with Crippen molar-refractivity contribution in [3.63, 3.8) is 0 Å². The quantitative estimate of drug-likeness (QED) is 0.846. The van der Waals surface area contributed by atoms with Gasteiger partial charge in [-0.05, 0) is 64.1 Å². The minimum atomic E-state index is 0.103. The van der Waals surface area contributed by atoms with E-state index in [0.29, 0.717) is 17.4 Å². The van der Waals surface area contributed by atoms with Gasteiger partial charge >= 0.3 is 0 Å². The maximum atomic E-state index is 12.6. The predicted octanol–water partition coefficient (Wildman–Crippen LogP) is 1.46. The number of carbonyl (C=O) groups is 1. The third-order valence-corrected chi connectivity index (χ3v) is 5.31. The second-order valence-corrected chi connectivity index (χ2v) is 7.51. The molecule has 1 N–H and O–H groups in total. The third kappa shape index (κ3) is 3.34. The number of hydrogen-bond acceptors (Lipinski definition) is 3. The number of piperidine rings is 2. The molecule has 4 heteroatoms. The van der Waals surface area contributed by atoms with E-state index in [9.17, 15) is 4.79 Å². The summed E-state index contributed by atoms with van der Waals surface area (Å²) in [5, 5.41) is 3.53.